The summed E-state index contributed by atoms with van der Waals surface area (Å²) in [7, 11) is 0. The van der Waals surface area contributed by atoms with Gasteiger partial charge in [-0.1, -0.05) is 121 Å². The predicted octanol–water partition coefficient (Wildman–Crippen LogP) is 9.11. The second-order valence-corrected chi connectivity index (χ2v) is 11.9. The summed E-state index contributed by atoms with van der Waals surface area (Å²) in [6, 6.07) is -0.874. The normalized spacial score (nSPS) is 13.2. The molecule has 2 unspecified atom stereocenters. The van der Waals surface area contributed by atoms with Crippen LogP contribution in [0, 0.1) is 0 Å². The topological polar surface area (TPSA) is 119 Å². The van der Waals surface area contributed by atoms with Gasteiger partial charge in [0.25, 0.3) is 0 Å². The number of esters is 1. The Bertz CT molecular complexity index is 793. The van der Waals surface area contributed by atoms with E-state index in [2.05, 4.69) is 49.5 Å². The fourth-order valence-electron chi connectivity index (χ4n) is 5.03. The number of carbonyl (C=O) groups is 3. The maximum absolute atomic E-state index is 12.6. The molecule has 0 fully saturated rings. The van der Waals surface area contributed by atoms with E-state index in [0.29, 0.717) is 38.6 Å². The first-order chi connectivity index (χ1) is 21.4. The zero-order valence-corrected chi connectivity index (χ0v) is 28.2. The van der Waals surface area contributed by atoms with Crippen molar-refractivity contribution < 1.29 is 24.2 Å². The van der Waals surface area contributed by atoms with Crippen LogP contribution >= 0.6 is 0 Å². The van der Waals surface area contributed by atoms with Crippen molar-refractivity contribution in [2.75, 3.05) is 6.54 Å². The molecule has 7 nitrogen and oxygen atoms in total. The smallest absolute Gasteiger partial charge is 0.326 e. The first-order valence-corrected chi connectivity index (χ1v) is 17.8. The Morgan fingerprint density at radius 2 is 1.23 bits per heavy atom. The van der Waals surface area contributed by atoms with Crippen LogP contribution in [0.25, 0.3) is 0 Å². The number of carboxylic acid groups (broad SMARTS) is 1. The molecular weight excluding hydrogens is 552 g/mol. The quantitative estimate of drug-likeness (QED) is 0.0405. The fourth-order valence-corrected chi connectivity index (χ4v) is 5.03. The number of allylic oxidation sites excluding steroid dienone is 5. The van der Waals surface area contributed by atoms with Gasteiger partial charge in [-0.2, -0.15) is 0 Å². The fraction of sp³-hybridized carbons (Fsp3) is 0.757. The van der Waals surface area contributed by atoms with E-state index in [9.17, 15) is 19.5 Å². The molecule has 0 aliphatic rings. The van der Waals surface area contributed by atoms with Gasteiger partial charge in [0.2, 0.25) is 5.91 Å². The van der Waals surface area contributed by atoms with E-state index in [0.717, 1.165) is 57.8 Å². The third-order valence-corrected chi connectivity index (χ3v) is 7.70. The number of hydrogen-bond acceptors (Lipinski definition) is 5. The molecule has 0 saturated carbocycles. The molecule has 1 amide bonds. The molecule has 0 radical (unpaired) electrons. The minimum absolute atomic E-state index is 0.116. The average molecular weight is 619 g/mol. The molecule has 0 aliphatic carbocycles. The third-order valence-electron chi connectivity index (χ3n) is 7.70. The highest BCUT2D eigenvalue weighted by molar-refractivity contribution is 5.83. The lowest BCUT2D eigenvalue weighted by Crippen LogP contribution is -2.40. The van der Waals surface area contributed by atoms with Crippen molar-refractivity contribution in [3.05, 3.63) is 36.5 Å². The highest BCUT2D eigenvalue weighted by Gasteiger charge is 2.18. The number of nitrogens with one attached hydrogen (secondary N) is 1. The second-order valence-electron chi connectivity index (χ2n) is 11.9. The Kier molecular flexibility index (Phi) is 30.2. The highest BCUT2D eigenvalue weighted by Crippen LogP contribution is 2.15. The molecule has 0 heterocycles. The van der Waals surface area contributed by atoms with Crippen molar-refractivity contribution in [1.29, 1.82) is 0 Å². The van der Waals surface area contributed by atoms with Gasteiger partial charge in [0, 0.05) is 12.8 Å². The Morgan fingerprint density at radius 3 is 1.82 bits per heavy atom. The van der Waals surface area contributed by atoms with E-state index >= 15 is 0 Å². The summed E-state index contributed by atoms with van der Waals surface area (Å²) in [5.74, 6) is -1.37. The van der Waals surface area contributed by atoms with Crippen molar-refractivity contribution in [3.8, 4) is 0 Å². The van der Waals surface area contributed by atoms with Crippen LogP contribution < -0.4 is 11.1 Å². The van der Waals surface area contributed by atoms with Crippen LogP contribution in [0.3, 0.4) is 0 Å². The van der Waals surface area contributed by atoms with Crippen molar-refractivity contribution in [1.82, 2.24) is 5.32 Å². The Hall–Kier alpha value is -2.41. The maximum atomic E-state index is 12.6. The summed E-state index contributed by atoms with van der Waals surface area (Å²) in [5, 5.41) is 11.9. The summed E-state index contributed by atoms with van der Waals surface area (Å²) >= 11 is 0. The Balaban J connectivity index is 4.41. The zero-order valence-electron chi connectivity index (χ0n) is 28.2. The number of unbranched alkanes of at least 4 members (excludes halogenated alkanes) is 13. The van der Waals surface area contributed by atoms with Gasteiger partial charge in [-0.15, -0.1) is 0 Å². The van der Waals surface area contributed by atoms with E-state index in [1.807, 2.05) is 6.08 Å². The largest absolute Gasteiger partial charge is 0.480 e. The van der Waals surface area contributed by atoms with Gasteiger partial charge in [-0.05, 0) is 70.4 Å². The first-order valence-electron chi connectivity index (χ1n) is 17.8. The Labute approximate surface area is 269 Å². The van der Waals surface area contributed by atoms with Crippen LogP contribution in [0.4, 0.5) is 0 Å². The molecule has 254 valence electrons. The number of hydrogen-bond donors (Lipinski definition) is 3. The van der Waals surface area contributed by atoms with Gasteiger partial charge in [0.15, 0.2) is 0 Å². The SMILES string of the molecule is CC/C=C\C/C=C\C/C=C\C(CCCCCCC(=O)NC(CCCN)C(=O)O)OC(=O)CCCCCCCCCCCCC. The van der Waals surface area contributed by atoms with Gasteiger partial charge in [0.05, 0.1) is 0 Å². The van der Waals surface area contributed by atoms with Gasteiger partial charge in [0.1, 0.15) is 12.1 Å². The Morgan fingerprint density at radius 1 is 0.682 bits per heavy atom. The molecule has 0 aliphatic heterocycles. The molecular formula is C37H66N2O5. The van der Waals surface area contributed by atoms with Crippen molar-refractivity contribution >= 4 is 17.8 Å². The second kappa shape index (κ2) is 32.0. The zero-order chi connectivity index (χ0) is 32.5. The highest BCUT2D eigenvalue weighted by atomic mass is 16.5. The summed E-state index contributed by atoms with van der Waals surface area (Å²) in [6.45, 7) is 4.78. The standard InChI is InChI=1S/C37H66N2O5/c1-3-5-7-9-11-13-14-15-17-19-25-31-36(41)44-33(27-22-18-16-12-10-8-6-4-2)28-23-20-21-24-30-35(40)39-34(37(42)43)29-26-32-38/h6,8,12,16,22,27,33-34H,3-5,7,9-11,13-15,17-21,23-26,28-32,38H2,1-2H3,(H,39,40)(H,42,43)/b8-6-,16-12-,27-22-. The molecule has 0 saturated heterocycles. The van der Waals surface area contributed by atoms with Crippen LogP contribution in [0.2, 0.25) is 0 Å². The number of rotatable bonds is 31. The van der Waals surface area contributed by atoms with Crippen LogP contribution in [0.5, 0.6) is 0 Å². The molecule has 0 aromatic carbocycles. The molecule has 7 heteroatoms. The molecule has 2 atom stereocenters. The van der Waals surface area contributed by atoms with Crippen molar-refractivity contribution in [2.24, 2.45) is 5.73 Å². The van der Waals surface area contributed by atoms with Gasteiger partial charge in [-0.3, -0.25) is 9.59 Å². The predicted molar refractivity (Wildman–Crippen MR) is 183 cm³/mol. The number of ether oxygens (including phenoxy) is 1. The first kappa shape index (κ1) is 41.6. The lowest BCUT2D eigenvalue weighted by Gasteiger charge is -2.15. The number of carbonyl (C=O) groups excluding carboxylic acids is 2. The van der Waals surface area contributed by atoms with Crippen molar-refractivity contribution in [2.45, 2.75) is 174 Å². The summed E-state index contributed by atoms with van der Waals surface area (Å²) in [4.78, 5) is 36.1. The molecule has 0 aromatic rings. The molecule has 0 spiro atoms. The molecule has 0 bridgehead atoms. The molecule has 0 aromatic heterocycles. The van der Waals surface area contributed by atoms with Crippen molar-refractivity contribution in [3.63, 3.8) is 0 Å². The average Bonchev–Trinajstić information content (AvgIpc) is 3.00. The van der Waals surface area contributed by atoms with Crippen LogP contribution in [-0.4, -0.2) is 41.6 Å². The lowest BCUT2D eigenvalue weighted by atomic mass is 10.1. The van der Waals surface area contributed by atoms with E-state index in [1.165, 1.54) is 57.8 Å². The van der Waals surface area contributed by atoms with Crippen LogP contribution in [0.15, 0.2) is 36.5 Å². The van der Waals surface area contributed by atoms with E-state index < -0.39 is 12.0 Å². The monoisotopic (exact) mass is 618 g/mol. The lowest BCUT2D eigenvalue weighted by molar-refractivity contribution is -0.147. The number of amides is 1. The number of nitrogens with two attached hydrogens (primary N) is 1. The minimum atomic E-state index is -1.02. The van der Waals surface area contributed by atoms with Gasteiger partial charge >= 0.3 is 11.9 Å². The summed E-state index contributed by atoms with van der Waals surface area (Å²) in [5.41, 5.74) is 5.46. The van der Waals surface area contributed by atoms with E-state index in [1.54, 1.807) is 0 Å². The van der Waals surface area contributed by atoms with Gasteiger partial charge < -0.3 is 20.9 Å². The summed E-state index contributed by atoms with van der Waals surface area (Å²) < 4.78 is 5.86. The number of aliphatic carboxylic acids is 1. The molecule has 44 heavy (non-hydrogen) atoms. The number of carboxylic acids is 1. The van der Waals surface area contributed by atoms with E-state index in [-0.39, 0.29) is 18.0 Å². The molecule has 0 rings (SSSR count). The summed E-state index contributed by atoms with van der Waals surface area (Å²) in [6.07, 6.45) is 34.9. The van der Waals surface area contributed by atoms with Crippen LogP contribution in [-0.2, 0) is 19.1 Å². The third kappa shape index (κ3) is 28.4. The van der Waals surface area contributed by atoms with E-state index in [4.69, 9.17) is 10.5 Å². The van der Waals surface area contributed by atoms with Gasteiger partial charge in [-0.25, -0.2) is 4.79 Å². The minimum Gasteiger partial charge on any atom is -0.480 e. The van der Waals surface area contributed by atoms with Crippen LogP contribution in [0.1, 0.15) is 162 Å². The molecule has 4 N–H and O–H groups in total. The maximum Gasteiger partial charge on any atom is 0.326 e.